The largest absolute Gasteiger partial charge is 0.379 e. The van der Waals surface area contributed by atoms with Gasteiger partial charge in [0.05, 0.1) is 118 Å². The van der Waals surface area contributed by atoms with Gasteiger partial charge in [0.2, 0.25) is 29.5 Å². The summed E-state index contributed by atoms with van der Waals surface area (Å²) in [6.45, 7) is 25.6. The Balaban J connectivity index is 0. The highest BCUT2D eigenvalue weighted by Gasteiger charge is 2.40. The van der Waals surface area contributed by atoms with Crippen molar-refractivity contribution in [1.82, 2.24) is 20.9 Å². The second-order valence-electron chi connectivity index (χ2n) is 14.3. The first kappa shape index (κ1) is 60.3. The number of rotatable bonds is 36. The molecule has 0 aliphatic carbocycles. The summed E-state index contributed by atoms with van der Waals surface area (Å²) in [6.07, 6.45) is 0.344. The number of hydrogen-bond donors (Lipinski definition) is 3. The number of imide groups is 1. The molecule has 5 amide bonds. The van der Waals surface area contributed by atoms with Crippen LogP contribution < -0.4 is 16.0 Å². The number of ketones is 1. The maximum atomic E-state index is 12.5. The predicted molar refractivity (Wildman–Crippen MR) is 234 cm³/mol. The van der Waals surface area contributed by atoms with Crippen molar-refractivity contribution in [3.63, 3.8) is 0 Å². The van der Waals surface area contributed by atoms with Crippen LogP contribution in [0.3, 0.4) is 0 Å². The Hall–Kier alpha value is -2.75. The second kappa shape index (κ2) is 40.1. The highest BCUT2D eigenvalue weighted by atomic mass is 32.2. The monoisotopic (exact) mass is 897 g/mol. The first-order valence-electron chi connectivity index (χ1n) is 21.7. The Morgan fingerprint density at radius 2 is 1.05 bits per heavy atom. The molecule has 0 spiro atoms. The molecule has 0 bridgehead atoms. The maximum Gasteiger partial charge on any atom is 0.243 e. The standard InChI is InChI=1S/C38H68N4O14S.2C2H6/c1-29(2)35(36(47)40-28-30(3)43)41-33(45)8-11-49-13-15-51-17-19-53-21-23-55-25-26-56-24-22-54-20-18-52-16-14-50-12-9-39-32(44)7-10-42-34(46)27-31(37(42)48)57-38(4,5)6;2*1-2/h29,31,35H,7-28H2,1-6H3,(H,39,44)(H,40,47)(H,41,45);2*1-2H3. The summed E-state index contributed by atoms with van der Waals surface area (Å²) in [6, 6.07) is -0.721. The summed E-state index contributed by atoms with van der Waals surface area (Å²) in [5.41, 5.74) is 0. The van der Waals surface area contributed by atoms with E-state index in [1.165, 1.54) is 23.6 Å². The highest BCUT2D eigenvalue weighted by molar-refractivity contribution is 8.01. The van der Waals surface area contributed by atoms with Crippen LogP contribution in [-0.4, -0.2) is 182 Å². The van der Waals surface area contributed by atoms with Crippen molar-refractivity contribution in [3.8, 4) is 0 Å². The van der Waals surface area contributed by atoms with Crippen LogP contribution in [0, 0.1) is 5.92 Å². The minimum atomic E-state index is -0.721. The summed E-state index contributed by atoms with van der Waals surface area (Å²) in [5.74, 6) is -1.68. The molecule has 0 aromatic heterocycles. The van der Waals surface area contributed by atoms with E-state index in [1.54, 1.807) is 0 Å². The quantitative estimate of drug-likeness (QED) is 0.0609. The van der Waals surface area contributed by atoms with Gasteiger partial charge in [-0.3, -0.25) is 33.7 Å². The molecule has 1 saturated heterocycles. The lowest BCUT2D eigenvalue weighted by Gasteiger charge is -2.21. The maximum absolute atomic E-state index is 12.5. The SMILES string of the molecule is CC.CC.CC(=O)CNC(=O)C(NC(=O)CCOCCOCCOCCOCCOCCOCCOCCOCCNC(=O)CCN1C(=O)CC(SC(C)(C)C)C1=O)C(C)C. The number of nitrogens with zero attached hydrogens (tertiary/aromatic N) is 1. The molecular formula is C42H80N4O14S. The van der Waals surface area contributed by atoms with Gasteiger partial charge in [0.15, 0.2) is 0 Å². The molecule has 1 rings (SSSR count). The van der Waals surface area contributed by atoms with Gasteiger partial charge in [-0.2, -0.15) is 0 Å². The summed E-state index contributed by atoms with van der Waals surface area (Å²) < 4.78 is 43.5. The molecule has 2 unspecified atom stereocenters. The van der Waals surface area contributed by atoms with Crippen LogP contribution in [0.4, 0.5) is 0 Å². The van der Waals surface area contributed by atoms with Crippen LogP contribution in [-0.2, 0) is 66.7 Å². The average molecular weight is 897 g/mol. The Labute approximate surface area is 369 Å². The number of nitrogens with one attached hydrogen (secondary N) is 3. The predicted octanol–water partition coefficient (Wildman–Crippen LogP) is 2.57. The molecule has 0 aromatic carbocycles. The fourth-order valence-electron chi connectivity index (χ4n) is 4.88. The van der Waals surface area contributed by atoms with Crippen LogP contribution in [0.5, 0.6) is 0 Å². The highest BCUT2D eigenvalue weighted by Crippen LogP contribution is 2.34. The zero-order valence-corrected chi connectivity index (χ0v) is 39.7. The van der Waals surface area contributed by atoms with E-state index in [9.17, 15) is 28.8 Å². The minimum Gasteiger partial charge on any atom is -0.379 e. The number of thioether (sulfide) groups is 1. The van der Waals surface area contributed by atoms with Crippen LogP contribution in [0.15, 0.2) is 0 Å². The van der Waals surface area contributed by atoms with Crippen LogP contribution in [0.1, 0.15) is 88.5 Å². The minimum absolute atomic E-state index is 0.0611. The number of amides is 5. The number of ether oxygens (including phenoxy) is 8. The van der Waals surface area contributed by atoms with Gasteiger partial charge in [0, 0.05) is 37.1 Å². The number of carbonyl (C=O) groups is 6. The van der Waals surface area contributed by atoms with E-state index in [-0.39, 0.29) is 90.2 Å². The molecule has 2 atom stereocenters. The summed E-state index contributed by atoms with van der Waals surface area (Å²) >= 11 is 1.48. The molecule has 61 heavy (non-hydrogen) atoms. The first-order valence-corrected chi connectivity index (χ1v) is 22.6. The summed E-state index contributed by atoms with van der Waals surface area (Å²) in [5, 5.41) is 7.56. The molecule has 1 heterocycles. The van der Waals surface area contributed by atoms with Crippen LogP contribution in [0.25, 0.3) is 0 Å². The average Bonchev–Trinajstić information content (AvgIpc) is 3.48. The third-order valence-electron chi connectivity index (χ3n) is 7.68. The van der Waals surface area contributed by atoms with Gasteiger partial charge < -0.3 is 53.8 Å². The number of hydrogen-bond acceptors (Lipinski definition) is 15. The number of Topliss-reactive ketones (excluding diaryl/α,β-unsaturated/α-hetero) is 1. The Bertz CT molecular complexity index is 1180. The zero-order chi connectivity index (χ0) is 46.3. The molecule has 0 radical (unpaired) electrons. The topological polar surface area (TPSA) is 216 Å². The molecule has 358 valence electrons. The molecule has 0 saturated carbocycles. The Morgan fingerprint density at radius 1 is 0.639 bits per heavy atom. The van der Waals surface area contributed by atoms with E-state index in [0.717, 1.165) is 0 Å². The van der Waals surface area contributed by atoms with Crippen molar-refractivity contribution in [2.75, 3.05) is 125 Å². The van der Waals surface area contributed by atoms with Gasteiger partial charge in [-0.15, -0.1) is 11.8 Å². The number of likely N-dealkylation sites (tertiary alicyclic amines) is 1. The lowest BCUT2D eigenvalue weighted by molar-refractivity contribution is -0.138. The van der Waals surface area contributed by atoms with Gasteiger partial charge >= 0.3 is 0 Å². The summed E-state index contributed by atoms with van der Waals surface area (Å²) in [7, 11) is 0. The van der Waals surface area contributed by atoms with E-state index in [2.05, 4.69) is 16.0 Å². The molecule has 19 heteroatoms. The smallest absolute Gasteiger partial charge is 0.243 e. The molecule has 0 aromatic rings. The lowest BCUT2D eigenvalue weighted by atomic mass is 10.0. The van der Waals surface area contributed by atoms with E-state index >= 15 is 0 Å². The van der Waals surface area contributed by atoms with Crippen LogP contribution in [0.2, 0.25) is 0 Å². The molecule has 1 fully saturated rings. The normalized spacial score (nSPS) is 14.2. The fraction of sp³-hybridized carbons (Fsp3) is 0.857. The fourth-order valence-corrected chi connectivity index (χ4v) is 6.19. The Kier molecular flexibility index (Phi) is 39.6. The van der Waals surface area contributed by atoms with E-state index < -0.39 is 6.04 Å². The van der Waals surface area contributed by atoms with E-state index in [1.807, 2.05) is 62.3 Å². The van der Waals surface area contributed by atoms with Gasteiger partial charge in [-0.05, 0) is 12.8 Å². The van der Waals surface area contributed by atoms with E-state index in [4.69, 9.17) is 37.9 Å². The van der Waals surface area contributed by atoms with Crippen molar-refractivity contribution in [1.29, 1.82) is 0 Å². The first-order chi connectivity index (χ1) is 29.2. The van der Waals surface area contributed by atoms with Gasteiger partial charge in [0.1, 0.15) is 11.8 Å². The molecule has 1 aliphatic heterocycles. The lowest BCUT2D eigenvalue weighted by Crippen LogP contribution is -2.50. The zero-order valence-electron chi connectivity index (χ0n) is 38.9. The summed E-state index contributed by atoms with van der Waals surface area (Å²) in [4.78, 5) is 73.5. The molecule has 1 aliphatic rings. The van der Waals surface area contributed by atoms with Gasteiger partial charge in [-0.1, -0.05) is 62.3 Å². The van der Waals surface area contributed by atoms with Crippen molar-refractivity contribution in [3.05, 3.63) is 0 Å². The van der Waals surface area contributed by atoms with Crippen LogP contribution >= 0.6 is 11.8 Å². The molecular weight excluding hydrogens is 817 g/mol. The Morgan fingerprint density at radius 3 is 1.44 bits per heavy atom. The van der Waals surface area contributed by atoms with Crippen molar-refractivity contribution in [2.45, 2.75) is 105 Å². The van der Waals surface area contributed by atoms with Crippen molar-refractivity contribution >= 4 is 47.1 Å². The third-order valence-corrected chi connectivity index (χ3v) is 9.04. The van der Waals surface area contributed by atoms with Gasteiger partial charge in [-0.25, -0.2) is 0 Å². The van der Waals surface area contributed by atoms with Gasteiger partial charge in [0.25, 0.3) is 0 Å². The molecule has 3 N–H and O–H groups in total. The molecule has 18 nitrogen and oxygen atoms in total. The number of carbonyl (C=O) groups excluding carboxylic acids is 6. The van der Waals surface area contributed by atoms with Crippen molar-refractivity contribution < 1.29 is 66.7 Å². The second-order valence-corrected chi connectivity index (χ2v) is 16.3. The van der Waals surface area contributed by atoms with Crippen molar-refractivity contribution in [2.24, 2.45) is 5.92 Å². The van der Waals surface area contributed by atoms with E-state index in [0.29, 0.717) is 106 Å². The third kappa shape index (κ3) is 35.4.